The second-order valence-corrected chi connectivity index (χ2v) is 4.67. The molecule has 0 radical (unpaired) electrons. The van der Waals surface area contributed by atoms with Gasteiger partial charge in [-0.3, -0.25) is 0 Å². The van der Waals surface area contributed by atoms with Gasteiger partial charge in [0.2, 0.25) is 0 Å². The summed E-state index contributed by atoms with van der Waals surface area (Å²) in [6.07, 6.45) is 8.38. The molecule has 14 heavy (non-hydrogen) atoms. The quantitative estimate of drug-likeness (QED) is 0.482. The van der Waals surface area contributed by atoms with Gasteiger partial charge in [-0.1, -0.05) is 45.4 Å². The molecular formula is C12H24O2. The zero-order chi connectivity index (χ0) is 10.4. The Balaban J connectivity index is 1.88. The monoisotopic (exact) mass is 200 g/mol. The lowest BCUT2D eigenvalue weighted by atomic mass is 9.99. The molecule has 0 amide bonds. The molecule has 0 aromatic carbocycles. The summed E-state index contributed by atoms with van der Waals surface area (Å²) in [5, 5.41) is 9.73. The second-order valence-electron chi connectivity index (χ2n) is 4.67. The number of rotatable bonds is 8. The van der Waals surface area contributed by atoms with Gasteiger partial charge in [0, 0.05) is 0 Å². The minimum absolute atomic E-state index is 0.191. The summed E-state index contributed by atoms with van der Waals surface area (Å²) in [6.45, 7) is 4.97. The molecule has 1 rings (SSSR count). The highest BCUT2D eigenvalue weighted by Crippen LogP contribution is 2.32. The van der Waals surface area contributed by atoms with E-state index < -0.39 is 0 Å². The predicted molar refractivity (Wildman–Crippen MR) is 58.4 cm³/mol. The summed E-state index contributed by atoms with van der Waals surface area (Å²) in [5.41, 5.74) is -0.191. The lowest BCUT2D eigenvalue weighted by molar-refractivity contribution is 0.0751. The summed E-state index contributed by atoms with van der Waals surface area (Å²) in [5.74, 6) is 0. The Morgan fingerprint density at radius 2 is 1.79 bits per heavy atom. The fourth-order valence-electron chi connectivity index (χ4n) is 1.73. The number of ether oxygens (including phenoxy) is 1. The van der Waals surface area contributed by atoms with Crippen LogP contribution in [0.25, 0.3) is 0 Å². The van der Waals surface area contributed by atoms with Crippen LogP contribution in [-0.4, -0.2) is 23.4 Å². The van der Waals surface area contributed by atoms with Crippen molar-refractivity contribution in [3.8, 4) is 0 Å². The van der Waals surface area contributed by atoms with Crippen LogP contribution in [-0.2, 0) is 4.74 Å². The van der Waals surface area contributed by atoms with E-state index in [2.05, 4.69) is 6.92 Å². The van der Waals surface area contributed by atoms with Crippen molar-refractivity contribution in [1.82, 2.24) is 0 Å². The van der Waals surface area contributed by atoms with Crippen molar-refractivity contribution in [2.45, 2.75) is 70.5 Å². The summed E-state index contributed by atoms with van der Waals surface area (Å²) < 4.78 is 5.20. The molecule has 1 aliphatic heterocycles. The molecule has 0 unspecified atom stereocenters. The summed E-state index contributed by atoms with van der Waals surface area (Å²) in [7, 11) is 0. The SMILES string of the molecule is CCCCCCCC[C@@H](O)[C@]1(C)CO1. The number of hydrogen-bond donors (Lipinski definition) is 1. The highest BCUT2D eigenvalue weighted by atomic mass is 16.6. The molecule has 1 aliphatic rings. The summed E-state index contributed by atoms with van der Waals surface area (Å²) >= 11 is 0. The Morgan fingerprint density at radius 1 is 1.21 bits per heavy atom. The molecule has 1 saturated heterocycles. The van der Waals surface area contributed by atoms with Gasteiger partial charge in [0.05, 0.1) is 12.7 Å². The van der Waals surface area contributed by atoms with Crippen molar-refractivity contribution >= 4 is 0 Å². The van der Waals surface area contributed by atoms with Crippen molar-refractivity contribution < 1.29 is 9.84 Å². The van der Waals surface area contributed by atoms with Gasteiger partial charge in [0.1, 0.15) is 5.60 Å². The third-order valence-corrected chi connectivity index (χ3v) is 3.14. The molecule has 1 N–H and O–H groups in total. The highest BCUT2D eigenvalue weighted by molar-refractivity contribution is 4.93. The van der Waals surface area contributed by atoms with Gasteiger partial charge in [-0.05, 0) is 13.3 Å². The number of aliphatic hydroxyl groups is 1. The minimum atomic E-state index is -0.242. The molecule has 84 valence electrons. The number of aliphatic hydroxyl groups excluding tert-OH is 1. The third-order valence-electron chi connectivity index (χ3n) is 3.14. The van der Waals surface area contributed by atoms with E-state index in [1.54, 1.807) is 0 Å². The van der Waals surface area contributed by atoms with Crippen molar-refractivity contribution in [2.24, 2.45) is 0 Å². The standard InChI is InChI=1S/C12H24O2/c1-3-4-5-6-7-8-9-11(13)12(2)10-14-12/h11,13H,3-10H2,1-2H3/t11-,12+/m1/s1. The van der Waals surface area contributed by atoms with Crippen LogP contribution in [0.4, 0.5) is 0 Å². The molecule has 0 aliphatic carbocycles. The first-order chi connectivity index (χ1) is 6.69. The molecule has 2 atom stereocenters. The van der Waals surface area contributed by atoms with E-state index in [1.165, 1.54) is 32.1 Å². The maximum atomic E-state index is 9.73. The number of epoxide rings is 1. The van der Waals surface area contributed by atoms with E-state index in [9.17, 15) is 5.11 Å². The van der Waals surface area contributed by atoms with Crippen molar-refractivity contribution in [3.63, 3.8) is 0 Å². The Kier molecular flexibility index (Phi) is 4.90. The van der Waals surface area contributed by atoms with Gasteiger partial charge in [-0.15, -0.1) is 0 Å². The first-order valence-electron chi connectivity index (χ1n) is 6.01. The fourth-order valence-corrected chi connectivity index (χ4v) is 1.73. The maximum Gasteiger partial charge on any atom is 0.115 e. The van der Waals surface area contributed by atoms with Crippen molar-refractivity contribution in [2.75, 3.05) is 6.61 Å². The zero-order valence-electron chi connectivity index (χ0n) is 9.59. The zero-order valence-corrected chi connectivity index (χ0v) is 9.59. The maximum absolute atomic E-state index is 9.73. The molecule has 0 saturated carbocycles. The van der Waals surface area contributed by atoms with E-state index in [1.807, 2.05) is 6.92 Å². The first kappa shape index (κ1) is 12.0. The van der Waals surface area contributed by atoms with Gasteiger partial charge in [-0.2, -0.15) is 0 Å². The molecule has 1 fully saturated rings. The van der Waals surface area contributed by atoms with Crippen LogP contribution in [0.3, 0.4) is 0 Å². The van der Waals surface area contributed by atoms with Crippen LogP contribution < -0.4 is 0 Å². The van der Waals surface area contributed by atoms with Crippen LogP contribution in [0, 0.1) is 0 Å². The number of hydrogen-bond acceptors (Lipinski definition) is 2. The summed E-state index contributed by atoms with van der Waals surface area (Å²) in [4.78, 5) is 0. The molecule has 0 spiro atoms. The van der Waals surface area contributed by atoms with Crippen LogP contribution in [0.2, 0.25) is 0 Å². The normalized spacial score (nSPS) is 27.6. The van der Waals surface area contributed by atoms with Gasteiger partial charge < -0.3 is 9.84 Å². The molecule has 0 aromatic rings. The van der Waals surface area contributed by atoms with E-state index in [0.29, 0.717) is 0 Å². The Labute approximate surface area is 87.7 Å². The van der Waals surface area contributed by atoms with Gasteiger partial charge in [0.15, 0.2) is 0 Å². The molecule has 1 heterocycles. The highest BCUT2D eigenvalue weighted by Gasteiger charge is 2.45. The van der Waals surface area contributed by atoms with E-state index in [0.717, 1.165) is 19.4 Å². The van der Waals surface area contributed by atoms with Crippen LogP contribution in [0.15, 0.2) is 0 Å². The first-order valence-corrected chi connectivity index (χ1v) is 6.01. The van der Waals surface area contributed by atoms with Crippen molar-refractivity contribution in [1.29, 1.82) is 0 Å². The molecule has 0 aromatic heterocycles. The molecule has 0 bridgehead atoms. The van der Waals surface area contributed by atoms with Gasteiger partial charge in [0.25, 0.3) is 0 Å². The summed E-state index contributed by atoms with van der Waals surface area (Å²) in [6, 6.07) is 0. The van der Waals surface area contributed by atoms with Gasteiger partial charge >= 0.3 is 0 Å². The lowest BCUT2D eigenvalue weighted by Crippen LogP contribution is -2.26. The third kappa shape index (κ3) is 3.97. The minimum Gasteiger partial charge on any atom is -0.390 e. The van der Waals surface area contributed by atoms with E-state index in [-0.39, 0.29) is 11.7 Å². The van der Waals surface area contributed by atoms with Crippen LogP contribution >= 0.6 is 0 Å². The Morgan fingerprint density at radius 3 is 2.36 bits per heavy atom. The second kappa shape index (κ2) is 5.72. The Bertz CT molecular complexity index is 152. The van der Waals surface area contributed by atoms with Crippen LogP contribution in [0.1, 0.15) is 58.8 Å². The van der Waals surface area contributed by atoms with E-state index >= 15 is 0 Å². The average Bonchev–Trinajstić information content (AvgIpc) is 2.91. The average molecular weight is 200 g/mol. The van der Waals surface area contributed by atoms with E-state index in [4.69, 9.17) is 4.74 Å². The molecular weight excluding hydrogens is 176 g/mol. The lowest BCUT2D eigenvalue weighted by Gasteiger charge is -2.13. The fraction of sp³-hybridized carbons (Fsp3) is 1.00. The molecule has 2 nitrogen and oxygen atoms in total. The predicted octanol–water partition coefficient (Wildman–Crippen LogP) is 2.89. The van der Waals surface area contributed by atoms with Crippen LogP contribution in [0.5, 0.6) is 0 Å². The van der Waals surface area contributed by atoms with Crippen molar-refractivity contribution in [3.05, 3.63) is 0 Å². The Hall–Kier alpha value is -0.0800. The topological polar surface area (TPSA) is 32.8 Å². The largest absolute Gasteiger partial charge is 0.390 e. The smallest absolute Gasteiger partial charge is 0.115 e. The van der Waals surface area contributed by atoms with Gasteiger partial charge in [-0.25, -0.2) is 0 Å². The number of unbranched alkanes of at least 4 members (excludes halogenated alkanes) is 5. The molecule has 2 heteroatoms.